The summed E-state index contributed by atoms with van der Waals surface area (Å²) in [6.45, 7) is 5.05. The lowest BCUT2D eigenvalue weighted by Gasteiger charge is -2.31. The molecule has 0 spiro atoms. The Hall–Kier alpha value is -1.06. The molecule has 98 valence electrons. The first-order valence-electron chi connectivity index (χ1n) is 6.90. The van der Waals surface area contributed by atoms with Crippen molar-refractivity contribution >= 4 is 0 Å². The minimum atomic E-state index is -0.0525. The molecule has 0 saturated carbocycles. The zero-order valence-corrected chi connectivity index (χ0v) is 10.9. The first-order chi connectivity index (χ1) is 8.81. The number of hydrogen-bond donors (Lipinski definition) is 1. The summed E-state index contributed by atoms with van der Waals surface area (Å²) in [6, 6.07) is 6.32. The largest absolute Gasteiger partial charge is 0.465 e. The number of hydrogen-bond acceptors (Lipinski definition) is 3. The van der Waals surface area contributed by atoms with Crippen LogP contribution in [-0.2, 0) is 11.3 Å². The number of rotatable bonds is 2. The molecule has 2 aliphatic heterocycles. The molecule has 1 aromatic rings. The van der Waals surface area contributed by atoms with Crippen molar-refractivity contribution in [3.05, 3.63) is 29.3 Å². The second-order valence-electron chi connectivity index (χ2n) is 5.40. The molecule has 2 aliphatic rings. The quantitative estimate of drug-likeness (QED) is 0.871. The molecule has 1 unspecified atom stereocenters. The van der Waals surface area contributed by atoms with Crippen LogP contribution in [0.4, 0.5) is 0 Å². The third-order valence-electron chi connectivity index (χ3n) is 3.88. The molecular formula is C15H21NO2. The van der Waals surface area contributed by atoms with Crippen LogP contribution in [0.5, 0.6) is 5.75 Å². The summed E-state index contributed by atoms with van der Waals surface area (Å²) in [6.07, 6.45) is 3.45. The summed E-state index contributed by atoms with van der Waals surface area (Å²) < 4.78 is 11.8. The van der Waals surface area contributed by atoms with Crippen LogP contribution in [0.15, 0.2) is 18.2 Å². The first kappa shape index (κ1) is 12.0. The van der Waals surface area contributed by atoms with Crippen molar-refractivity contribution in [2.45, 2.75) is 39.1 Å². The normalized spacial score (nSPS) is 24.4. The van der Waals surface area contributed by atoms with Crippen LogP contribution in [0.25, 0.3) is 0 Å². The molecule has 0 aliphatic carbocycles. The molecule has 1 N–H and O–H groups in total. The van der Waals surface area contributed by atoms with E-state index < -0.39 is 0 Å². The number of nitrogens with one attached hydrogen (secondary N) is 1. The Morgan fingerprint density at radius 2 is 2.11 bits per heavy atom. The van der Waals surface area contributed by atoms with Crippen LogP contribution in [0.3, 0.4) is 0 Å². The maximum absolute atomic E-state index is 5.95. The van der Waals surface area contributed by atoms with Gasteiger partial charge in [0.25, 0.3) is 0 Å². The van der Waals surface area contributed by atoms with Gasteiger partial charge in [0.2, 0.25) is 0 Å². The molecule has 3 nitrogen and oxygen atoms in total. The number of ether oxygens (including phenoxy) is 2. The van der Waals surface area contributed by atoms with Crippen molar-refractivity contribution < 1.29 is 9.47 Å². The second kappa shape index (κ2) is 5.29. The summed E-state index contributed by atoms with van der Waals surface area (Å²) in [5.41, 5.74) is 2.44. The zero-order chi connectivity index (χ0) is 12.4. The van der Waals surface area contributed by atoms with Crippen LogP contribution < -0.4 is 10.1 Å². The number of fused-ring (bicyclic) bond motifs is 1. The highest BCUT2D eigenvalue weighted by molar-refractivity contribution is 5.37. The summed E-state index contributed by atoms with van der Waals surface area (Å²) >= 11 is 0. The zero-order valence-electron chi connectivity index (χ0n) is 10.9. The lowest BCUT2D eigenvalue weighted by molar-refractivity contribution is -0.120. The van der Waals surface area contributed by atoms with E-state index in [-0.39, 0.29) is 6.29 Å². The lowest BCUT2D eigenvalue weighted by Crippen LogP contribution is -2.33. The maximum Gasteiger partial charge on any atom is 0.200 e. The van der Waals surface area contributed by atoms with Crippen molar-refractivity contribution in [3.63, 3.8) is 0 Å². The van der Waals surface area contributed by atoms with E-state index in [9.17, 15) is 0 Å². The minimum absolute atomic E-state index is 0.0525. The molecule has 0 aromatic heterocycles. The molecule has 1 atom stereocenters. The van der Waals surface area contributed by atoms with Crippen LogP contribution in [-0.4, -0.2) is 19.4 Å². The minimum Gasteiger partial charge on any atom is -0.465 e. The first-order valence-corrected chi connectivity index (χ1v) is 6.90. The number of benzene rings is 1. The smallest absolute Gasteiger partial charge is 0.200 e. The molecular weight excluding hydrogens is 226 g/mol. The molecule has 1 saturated heterocycles. The SMILES string of the molecule is Cc1ccc2c(c1)COC(CC1CCNCC1)O2. The van der Waals surface area contributed by atoms with Gasteiger partial charge in [-0.2, -0.15) is 0 Å². The fraction of sp³-hybridized carbons (Fsp3) is 0.600. The van der Waals surface area contributed by atoms with Gasteiger partial charge in [-0.3, -0.25) is 0 Å². The Balaban J connectivity index is 1.62. The van der Waals surface area contributed by atoms with E-state index in [0.717, 1.165) is 31.2 Å². The van der Waals surface area contributed by atoms with Gasteiger partial charge in [-0.25, -0.2) is 0 Å². The van der Waals surface area contributed by atoms with Crippen molar-refractivity contribution in [1.82, 2.24) is 5.32 Å². The second-order valence-corrected chi connectivity index (χ2v) is 5.40. The lowest BCUT2D eigenvalue weighted by atomic mass is 9.94. The summed E-state index contributed by atoms with van der Waals surface area (Å²) in [5.74, 6) is 1.74. The number of aryl methyl sites for hydroxylation is 1. The van der Waals surface area contributed by atoms with Crippen molar-refractivity contribution in [1.29, 1.82) is 0 Å². The van der Waals surface area contributed by atoms with Gasteiger partial charge in [-0.1, -0.05) is 17.7 Å². The van der Waals surface area contributed by atoms with Gasteiger partial charge >= 0.3 is 0 Å². The van der Waals surface area contributed by atoms with Gasteiger partial charge in [0.15, 0.2) is 6.29 Å². The maximum atomic E-state index is 5.95. The van der Waals surface area contributed by atoms with Crippen LogP contribution in [0, 0.1) is 12.8 Å². The van der Waals surface area contributed by atoms with Crippen molar-refractivity contribution in [3.8, 4) is 5.75 Å². The van der Waals surface area contributed by atoms with E-state index in [2.05, 4.69) is 30.4 Å². The fourth-order valence-electron chi connectivity index (χ4n) is 2.80. The van der Waals surface area contributed by atoms with Crippen LogP contribution in [0.2, 0.25) is 0 Å². The van der Waals surface area contributed by atoms with Crippen LogP contribution >= 0.6 is 0 Å². The average molecular weight is 247 g/mol. The fourth-order valence-corrected chi connectivity index (χ4v) is 2.80. The van der Waals surface area contributed by atoms with E-state index in [1.54, 1.807) is 0 Å². The number of piperidine rings is 1. The third-order valence-corrected chi connectivity index (χ3v) is 3.88. The van der Waals surface area contributed by atoms with Gasteiger partial charge in [0, 0.05) is 12.0 Å². The molecule has 0 bridgehead atoms. The van der Waals surface area contributed by atoms with Gasteiger partial charge in [-0.05, 0) is 44.8 Å². The molecule has 2 heterocycles. The highest BCUT2D eigenvalue weighted by Gasteiger charge is 2.24. The van der Waals surface area contributed by atoms with E-state index in [4.69, 9.17) is 9.47 Å². The molecule has 0 amide bonds. The Kier molecular flexibility index (Phi) is 3.52. The summed E-state index contributed by atoms with van der Waals surface area (Å²) in [5, 5.41) is 3.39. The predicted octanol–water partition coefficient (Wildman–Crippen LogP) is 2.62. The molecule has 1 fully saturated rings. The Morgan fingerprint density at radius 1 is 1.28 bits per heavy atom. The summed E-state index contributed by atoms with van der Waals surface area (Å²) in [7, 11) is 0. The Morgan fingerprint density at radius 3 is 2.94 bits per heavy atom. The van der Waals surface area contributed by atoms with E-state index >= 15 is 0 Å². The highest BCUT2D eigenvalue weighted by atomic mass is 16.7. The van der Waals surface area contributed by atoms with Crippen LogP contribution in [0.1, 0.15) is 30.4 Å². The molecule has 3 rings (SSSR count). The van der Waals surface area contributed by atoms with Gasteiger partial charge in [0.05, 0.1) is 6.61 Å². The van der Waals surface area contributed by atoms with Gasteiger partial charge in [0.1, 0.15) is 5.75 Å². The Bertz CT molecular complexity index is 413. The highest BCUT2D eigenvalue weighted by Crippen LogP contribution is 2.30. The predicted molar refractivity (Wildman–Crippen MR) is 70.6 cm³/mol. The molecule has 1 aromatic carbocycles. The molecule has 3 heteroatoms. The van der Waals surface area contributed by atoms with Gasteiger partial charge in [-0.15, -0.1) is 0 Å². The molecule has 0 radical (unpaired) electrons. The summed E-state index contributed by atoms with van der Waals surface area (Å²) in [4.78, 5) is 0. The standard InChI is InChI=1S/C15H21NO2/c1-11-2-3-14-13(8-11)10-17-15(18-14)9-12-4-6-16-7-5-12/h2-3,8,12,15-16H,4-7,9-10H2,1H3. The monoisotopic (exact) mass is 247 g/mol. The van der Waals surface area contributed by atoms with E-state index in [1.165, 1.54) is 24.0 Å². The van der Waals surface area contributed by atoms with E-state index in [1.807, 2.05) is 0 Å². The van der Waals surface area contributed by atoms with Crippen molar-refractivity contribution in [2.75, 3.05) is 13.1 Å². The molecule has 18 heavy (non-hydrogen) atoms. The topological polar surface area (TPSA) is 30.5 Å². The average Bonchev–Trinajstić information content (AvgIpc) is 2.40. The van der Waals surface area contributed by atoms with E-state index in [0.29, 0.717) is 6.61 Å². The Labute approximate surface area is 108 Å². The third kappa shape index (κ3) is 2.68. The van der Waals surface area contributed by atoms with Gasteiger partial charge < -0.3 is 14.8 Å². The van der Waals surface area contributed by atoms with Crippen molar-refractivity contribution in [2.24, 2.45) is 5.92 Å².